The molecule has 0 spiro atoms. The highest BCUT2D eigenvalue weighted by Crippen LogP contribution is 2.52. The second-order valence-electron chi connectivity index (χ2n) is 6.13. The quantitative estimate of drug-likeness (QED) is 0.253. The van der Waals surface area contributed by atoms with Gasteiger partial charge in [0.1, 0.15) is 0 Å². The molecule has 27 heavy (non-hydrogen) atoms. The normalized spacial score (nSPS) is 12.1. The van der Waals surface area contributed by atoms with E-state index < -0.39 is 12.3 Å². The zero-order chi connectivity index (χ0) is 19.7. The summed E-state index contributed by atoms with van der Waals surface area (Å²) >= 11 is 4.84. The Labute approximate surface area is 162 Å². The van der Waals surface area contributed by atoms with Crippen LogP contribution in [0.3, 0.4) is 0 Å². The molecule has 0 radical (unpaired) electrons. The van der Waals surface area contributed by atoms with Crippen LogP contribution >= 0.6 is 6.72 Å². The first-order valence-corrected chi connectivity index (χ1v) is 10.7. The van der Waals surface area contributed by atoms with Gasteiger partial charge in [0.25, 0.3) is 0 Å². The van der Waals surface area contributed by atoms with E-state index >= 15 is 0 Å². The minimum atomic E-state index is -4.08. The van der Waals surface area contributed by atoms with E-state index in [0.29, 0.717) is 33.8 Å². The molecule has 0 aliphatic carbocycles. The summed E-state index contributed by atoms with van der Waals surface area (Å²) in [6.45, 7) is -4.08. The number of nitrogen functional groups attached to an aromatic ring is 3. The monoisotopic (exact) mass is 401 g/mol. The summed E-state index contributed by atoms with van der Waals surface area (Å²) in [5.74, 6) is 0. The number of hydrogen-bond donors (Lipinski definition) is 5. The Kier molecular flexibility index (Phi) is 5.24. The predicted octanol–water partition coefficient (Wildman–Crippen LogP) is 2.95. The molecule has 3 rings (SSSR count). The third-order valence-corrected chi connectivity index (χ3v) is 4.94. The van der Waals surface area contributed by atoms with Gasteiger partial charge < -0.3 is 27.0 Å². The fourth-order valence-electron chi connectivity index (χ4n) is 2.99. The summed E-state index contributed by atoms with van der Waals surface area (Å²) in [5.41, 5.74) is 19.7. The van der Waals surface area contributed by atoms with Gasteiger partial charge >= 0.3 is 6.72 Å². The molecule has 3 aromatic carbocycles. The minimum Gasteiger partial charge on any atom is -0.399 e. The Bertz CT molecular complexity index is 860. The Balaban J connectivity index is 2.36. The Morgan fingerprint density at radius 2 is 0.889 bits per heavy atom. The van der Waals surface area contributed by atoms with Gasteiger partial charge in [0.15, 0.2) is 5.60 Å². The first-order chi connectivity index (χ1) is 12.7. The molecule has 0 aliphatic rings. The number of benzene rings is 3. The van der Waals surface area contributed by atoms with Crippen molar-refractivity contribution in [1.29, 1.82) is 0 Å². The lowest BCUT2D eigenvalue weighted by Crippen LogP contribution is -2.32. The molecule has 0 aromatic heterocycles. The van der Waals surface area contributed by atoms with Gasteiger partial charge in [-0.3, -0.25) is 4.52 Å². The number of rotatable bonds is 5. The fourth-order valence-corrected chi connectivity index (χ4v) is 4.00. The minimum absolute atomic E-state index is 0.565. The third kappa shape index (κ3) is 4.13. The molecule has 6 nitrogen and oxygen atoms in total. The van der Waals surface area contributed by atoms with Crippen LogP contribution in [0.25, 0.3) is 0 Å². The highest BCUT2D eigenvalue weighted by molar-refractivity contribution is 8.06. The van der Waals surface area contributed by atoms with Crippen molar-refractivity contribution in [3.8, 4) is 0 Å². The van der Waals surface area contributed by atoms with E-state index in [1.807, 2.05) is 0 Å². The fraction of sp³-hybridized carbons (Fsp3) is 0.0526. The molecule has 0 amide bonds. The van der Waals surface area contributed by atoms with Crippen LogP contribution in [0, 0.1) is 0 Å². The summed E-state index contributed by atoms with van der Waals surface area (Å²) in [6, 6.07) is 20.8. The van der Waals surface area contributed by atoms with Crippen molar-refractivity contribution in [1.82, 2.24) is 0 Å². The van der Waals surface area contributed by atoms with Crippen LogP contribution in [-0.2, 0) is 21.9 Å². The van der Waals surface area contributed by atoms with Crippen LogP contribution in [0.2, 0.25) is 0 Å². The zero-order valence-electron chi connectivity index (χ0n) is 14.3. The van der Waals surface area contributed by atoms with Crippen molar-refractivity contribution in [3.63, 3.8) is 0 Å². The average Bonchev–Trinajstić information content (AvgIpc) is 2.61. The first kappa shape index (κ1) is 19.4. The Hall–Kier alpha value is -2.41. The smallest absolute Gasteiger partial charge is 0.323 e. The molecule has 140 valence electrons. The second-order valence-corrected chi connectivity index (χ2v) is 8.72. The van der Waals surface area contributed by atoms with E-state index in [1.54, 1.807) is 72.8 Å². The van der Waals surface area contributed by atoms with Crippen LogP contribution in [-0.4, -0.2) is 9.79 Å². The molecule has 8 heteroatoms. The van der Waals surface area contributed by atoms with Gasteiger partial charge in [-0.1, -0.05) is 36.4 Å². The van der Waals surface area contributed by atoms with Gasteiger partial charge in [0.2, 0.25) is 0 Å². The number of hydrogen-bond acceptors (Lipinski definition) is 5. The molecule has 3 aromatic rings. The molecule has 8 N–H and O–H groups in total. The van der Waals surface area contributed by atoms with E-state index in [0.717, 1.165) is 0 Å². The SMILES string of the molecule is Nc1ccc(C(OP(O)(O)=S)(c2ccc(N)cc2)c2ccc(N)cc2)cc1. The van der Waals surface area contributed by atoms with Crippen molar-refractivity contribution in [2.45, 2.75) is 5.60 Å². The lowest BCUT2D eigenvalue weighted by Gasteiger charge is -2.36. The molecule has 0 atom stereocenters. The van der Waals surface area contributed by atoms with E-state index in [9.17, 15) is 9.79 Å². The molecule has 0 bridgehead atoms. The van der Waals surface area contributed by atoms with E-state index in [-0.39, 0.29) is 0 Å². The highest BCUT2D eigenvalue weighted by Gasteiger charge is 2.41. The molecular formula is C19H20N3O3PS. The van der Waals surface area contributed by atoms with Crippen molar-refractivity contribution in [3.05, 3.63) is 89.5 Å². The van der Waals surface area contributed by atoms with Crippen LogP contribution in [0.1, 0.15) is 16.7 Å². The highest BCUT2D eigenvalue weighted by atomic mass is 32.5. The Morgan fingerprint density at radius 3 is 1.11 bits per heavy atom. The van der Waals surface area contributed by atoms with Crippen LogP contribution in [0.15, 0.2) is 72.8 Å². The van der Waals surface area contributed by atoms with E-state index in [1.165, 1.54) is 0 Å². The molecule has 0 aliphatic heterocycles. The summed E-state index contributed by atoms with van der Waals surface area (Å²) in [6.07, 6.45) is 0. The molecule has 0 saturated carbocycles. The standard InChI is InChI=1S/C19H20N3O3PS/c20-16-7-1-13(2-8-16)19(25-26(23,24)27,14-3-9-17(21)10-4-14)15-5-11-18(22)12-6-15/h1-12H,20-22H2,(H2,23,24,27). The average molecular weight is 401 g/mol. The van der Waals surface area contributed by atoms with Crippen molar-refractivity contribution < 1.29 is 14.3 Å². The predicted molar refractivity (Wildman–Crippen MR) is 112 cm³/mol. The molecule has 0 saturated heterocycles. The number of anilines is 3. The molecular weight excluding hydrogens is 381 g/mol. The largest absolute Gasteiger partial charge is 0.399 e. The topological polar surface area (TPSA) is 128 Å². The van der Waals surface area contributed by atoms with Gasteiger partial charge in [-0.15, -0.1) is 0 Å². The van der Waals surface area contributed by atoms with Gasteiger partial charge in [-0.2, -0.15) is 0 Å². The zero-order valence-corrected chi connectivity index (χ0v) is 16.0. The summed E-state index contributed by atoms with van der Waals surface area (Å²) in [5, 5.41) is 0. The summed E-state index contributed by atoms with van der Waals surface area (Å²) in [4.78, 5) is 20.2. The summed E-state index contributed by atoms with van der Waals surface area (Å²) < 4.78 is 5.82. The maximum Gasteiger partial charge on any atom is 0.323 e. The third-order valence-electron chi connectivity index (χ3n) is 4.21. The van der Waals surface area contributed by atoms with Crippen molar-refractivity contribution in [2.24, 2.45) is 0 Å². The van der Waals surface area contributed by atoms with Gasteiger partial charge in [0.05, 0.1) is 0 Å². The van der Waals surface area contributed by atoms with Gasteiger partial charge in [-0.25, -0.2) is 0 Å². The maximum atomic E-state index is 10.1. The van der Waals surface area contributed by atoms with Crippen LogP contribution < -0.4 is 17.2 Å². The molecule has 0 fully saturated rings. The van der Waals surface area contributed by atoms with Crippen LogP contribution in [0.4, 0.5) is 17.1 Å². The first-order valence-electron chi connectivity index (χ1n) is 8.05. The second kappa shape index (κ2) is 7.31. The molecule has 0 unspecified atom stereocenters. The Morgan fingerprint density at radius 1 is 0.630 bits per heavy atom. The summed E-state index contributed by atoms with van der Waals surface area (Å²) in [7, 11) is 0. The van der Waals surface area contributed by atoms with Gasteiger partial charge in [-0.05, 0) is 64.9 Å². The number of nitrogens with two attached hydrogens (primary N) is 3. The van der Waals surface area contributed by atoms with Crippen molar-refractivity contribution in [2.75, 3.05) is 17.2 Å². The van der Waals surface area contributed by atoms with Crippen LogP contribution in [0.5, 0.6) is 0 Å². The lowest BCUT2D eigenvalue weighted by atomic mass is 9.80. The van der Waals surface area contributed by atoms with Gasteiger partial charge in [0, 0.05) is 17.1 Å². The van der Waals surface area contributed by atoms with Crippen molar-refractivity contribution >= 4 is 35.6 Å². The molecule has 0 heterocycles. The van der Waals surface area contributed by atoms with E-state index in [2.05, 4.69) is 0 Å². The van der Waals surface area contributed by atoms with E-state index in [4.69, 9.17) is 33.5 Å². The lowest BCUT2D eigenvalue weighted by molar-refractivity contribution is 0.127. The maximum absolute atomic E-state index is 10.1.